The number of ether oxygens (including phenoxy) is 1. The second-order valence-electron chi connectivity index (χ2n) is 7.85. The Balaban J connectivity index is 2.55. The standard InChI is InChI=1S/C19H38N6O2/c1-6-9-16(7-2)21-10-8-11-24(18(26)27-19(3,4)5)12-13-25-15-17(14-20)22-23-25/h15-16,21H,6-14,20H2,1-5H3. The molecule has 1 heterocycles. The van der Waals surface area contributed by atoms with E-state index < -0.39 is 5.60 Å². The van der Waals surface area contributed by atoms with Crippen LogP contribution in [-0.4, -0.2) is 57.3 Å². The Bertz CT molecular complexity index is 541. The molecule has 0 spiro atoms. The maximum absolute atomic E-state index is 12.5. The molecule has 27 heavy (non-hydrogen) atoms. The Morgan fingerprint density at radius 3 is 2.67 bits per heavy atom. The largest absolute Gasteiger partial charge is 0.444 e. The molecule has 0 radical (unpaired) electrons. The molecule has 0 aliphatic rings. The maximum atomic E-state index is 12.5. The molecule has 1 amide bonds. The third kappa shape index (κ3) is 9.72. The SMILES string of the molecule is CCCC(CC)NCCCN(CCn1cc(CN)nn1)C(=O)OC(C)(C)C. The van der Waals surface area contributed by atoms with Crippen molar-refractivity contribution in [1.29, 1.82) is 0 Å². The van der Waals surface area contributed by atoms with E-state index in [-0.39, 0.29) is 6.09 Å². The number of nitrogens with one attached hydrogen (secondary N) is 1. The molecular formula is C19H38N6O2. The summed E-state index contributed by atoms with van der Waals surface area (Å²) in [6.45, 7) is 13.0. The van der Waals surface area contributed by atoms with E-state index in [0.717, 1.165) is 25.1 Å². The van der Waals surface area contributed by atoms with Gasteiger partial charge in [-0.1, -0.05) is 25.5 Å². The predicted octanol–water partition coefficient (Wildman–Crippen LogP) is 2.53. The Kier molecular flexibility index (Phi) is 10.3. The Hall–Kier alpha value is -1.67. The van der Waals surface area contributed by atoms with E-state index in [9.17, 15) is 4.79 Å². The third-order valence-corrected chi connectivity index (χ3v) is 4.21. The van der Waals surface area contributed by atoms with Crippen LogP contribution in [0.2, 0.25) is 0 Å². The lowest BCUT2D eigenvalue weighted by Crippen LogP contribution is -2.40. The summed E-state index contributed by atoms with van der Waals surface area (Å²) in [5.74, 6) is 0. The van der Waals surface area contributed by atoms with Crippen LogP contribution in [-0.2, 0) is 17.8 Å². The average molecular weight is 383 g/mol. The number of aromatic nitrogens is 3. The van der Waals surface area contributed by atoms with Gasteiger partial charge in [0.25, 0.3) is 0 Å². The highest BCUT2D eigenvalue weighted by molar-refractivity contribution is 5.68. The lowest BCUT2D eigenvalue weighted by molar-refractivity contribution is 0.0239. The third-order valence-electron chi connectivity index (χ3n) is 4.21. The number of nitrogens with two attached hydrogens (primary N) is 1. The van der Waals surface area contributed by atoms with Gasteiger partial charge in [-0.15, -0.1) is 5.10 Å². The van der Waals surface area contributed by atoms with Gasteiger partial charge < -0.3 is 20.7 Å². The first-order valence-electron chi connectivity index (χ1n) is 10.1. The Morgan fingerprint density at radius 2 is 2.11 bits per heavy atom. The smallest absolute Gasteiger partial charge is 0.410 e. The van der Waals surface area contributed by atoms with Crippen molar-refractivity contribution < 1.29 is 9.53 Å². The minimum absolute atomic E-state index is 0.290. The number of nitrogens with zero attached hydrogens (tertiary/aromatic N) is 4. The molecule has 3 N–H and O–H groups in total. The van der Waals surface area contributed by atoms with Crippen molar-refractivity contribution in [3.8, 4) is 0 Å². The number of hydrogen-bond donors (Lipinski definition) is 2. The number of amides is 1. The van der Waals surface area contributed by atoms with E-state index in [1.807, 2.05) is 27.0 Å². The monoisotopic (exact) mass is 382 g/mol. The van der Waals surface area contributed by atoms with Gasteiger partial charge in [0.05, 0.1) is 12.2 Å². The molecule has 156 valence electrons. The van der Waals surface area contributed by atoms with Gasteiger partial charge in [-0.2, -0.15) is 0 Å². The summed E-state index contributed by atoms with van der Waals surface area (Å²) in [6.07, 6.45) is 5.89. The minimum Gasteiger partial charge on any atom is -0.444 e. The molecule has 0 aliphatic heterocycles. The van der Waals surface area contributed by atoms with Crippen LogP contribution >= 0.6 is 0 Å². The van der Waals surface area contributed by atoms with Crippen molar-refractivity contribution >= 4 is 6.09 Å². The van der Waals surface area contributed by atoms with Crippen LogP contribution in [0.4, 0.5) is 4.79 Å². The molecule has 0 aliphatic carbocycles. The van der Waals surface area contributed by atoms with E-state index in [0.29, 0.717) is 32.2 Å². The zero-order chi connectivity index (χ0) is 20.3. The van der Waals surface area contributed by atoms with Crippen LogP contribution in [0, 0.1) is 0 Å². The second-order valence-corrected chi connectivity index (χ2v) is 7.85. The van der Waals surface area contributed by atoms with E-state index in [4.69, 9.17) is 10.5 Å². The molecule has 1 rings (SSSR count). The van der Waals surface area contributed by atoms with Gasteiger partial charge in [0.1, 0.15) is 5.60 Å². The molecule has 0 saturated carbocycles. The van der Waals surface area contributed by atoms with E-state index >= 15 is 0 Å². The lowest BCUT2D eigenvalue weighted by Gasteiger charge is -2.27. The van der Waals surface area contributed by atoms with Gasteiger partial charge in [-0.25, -0.2) is 4.79 Å². The molecule has 0 saturated heterocycles. The van der Waals surface area contributed by atoms with Gasteiger partial charge in [0, 0.05) is 31.9 Å². The highest BCUT2D eigenvalue weighted by Gasteiger charge is 2.22. The van der Waals surface area contributed by atoms with Crippen LogP contribution in [0.3, 0.4) is 0 Å². The van der Waals surface area contributed by atoms with Crippen LogP contribution in [0.5, 0.6) is 0 Å². The summed E-state index contributed by atoms with van der Waals surface area (Å²) < 4.78 is 7.27. The quantitative estimate of drug-likeness (QED) is 0.539. The summed E-state index contributed by atoms with van der Waals surface area (Å²) >= 11 is 0. The normalized spacial score (nSPS) is 12.8. The zero-order valence-corrected chi connectivity index (χ0v) is 17.7. The van der Waals surface area contributed by atoms with Crippen molar-refractivity contribution in [2.24, 2.45) is 5.73 Å². The summed E-state index contributed by atoms with van der Waals surface area (Å²) in [5.41, 5.74) is 5.80. The Morgan fingerprint density at radius 1 is 1.37 bits per heavy atom. The molecule has 1 atom stereocenters. The van der Waals surface area contributed by atoms with Crippen molar-refractivity contribution in [2.45, 2.75) is 85.0 Å². The van der Waals surface area contributed by atoms with Gasteiger partial charge in [-0.05, 0) is 46.6 Å². The zero-order valence-electron chi connectivity index (χ0n) is 17.7. The van der Waals surface area contributed by atoms with Crippen molar-refractivity contribution in [3.63, 3.8) is 0 Å². The minimum atomic E-state index is -0.512. The molecule has 8 heteroatoms. The summed E-state index contributed by atoms with van der Waals surface area (Å²) in [6, 6.07) is 0.551. The molecule has 0 bridgehead atoms. The van der Waals surface area contributed by atoms with E-state index in [2.05, 4.69) is 29.5 Å². The molecule has 8 nitrogen and oxygen atoms in total. The first-order valence-corrected chi connectivity index (χ1v) is 10.1. The lowest BCUT2D eigenvalue weighted by atomic mass is 10.1. The van der Waals surface area contributed by atoms with Crippen molar-refractivity contribution in [1.82, 2.24) is 25.2 Å². The van der Waals surface area contributed by atoms with Crippen LogP contribution in [0.15, 0.2) is 6.20 Å². The summed E-state index contributed by atoms with van der Waals surface area (Å²) in [7, 11) is 0. The molecule has 1 aromatic rings. The molecule has 1 unspecified atom stereocenters. The Labute approximate surface area is 163 Å². The summed E-state index contributed by atoms with van der Waals surface area (Å²) in [4.78, 5) is 14.3. The topological polar surface area (TPSA) is 98.3 Å². The second kappa shape index (κ2) is 11.9. The van der Waals surface area contributed by atoms with Gasteiger partial charge in [0.15, 0.2) is 0 Å². The van der Waals surface area contributed by atoms with Crippen LogP contribution in [0.25, 0.3) is 0 Å². The van der Waals surface area contributed by atoms with Crippen molar-refractivity contribution in [3.05, 3.63) is 11.9 Å². The van der Waals surface area contributed by atoms with Crippen LogP contribution in [0.1, 0.15) is 66.0 Å². The first-order chi connectivity index (χ1) is 12.8. The molecule has 0 aromatic carbocycles. The molecule has 1 aromatic heterocycles. The van der Waals surface area contributed by atoms with E-state index in [1.54, 1.807) is 9.58 Å². The van der Waals surface area contributed by atoms with Gasteiger partial charge >= 0.3 is 6.09 Å². The number of rotatable bonds is 12. The highest BCUT2D eigenvalue weighted by atomic mass is 16.6. The predicted molar refractivity (Wildman–Crippen MR) is 107 cm³/mol. The fourth-order valence-electron chi connectivity index (χ4n) is 2.76. The highest BCUT2D eigenvalue weighted by Crippen LogP contribution is 2.10. The number of carbonyl (C=O) groups is 1. The molecule has 0 fully saturated rings. The first kappa shape index (κ1) is 23.4. The maximum Gasteiger partial charge on any atom is 0.410 e. The number of carbonyl (C=O) groups excluding carboxylic acids is 1. The fraction of sp³-hybridized carbons (Fsp3) is 0.842. The van der Waals surface area contributed by atoms with E-state index in [1.165, 1.54) is 12.8 Å². The summed E-state index contributed by atoms with van der Waals surface area (Å²) in [5, 5.41) is 11.6. The number of hydrogen-bond acceptors (Lipinski definition) is 6. The van der Waals surface area contributed by atoms with Gasteiger partial charge in [-0.3, -0.25) is 4.68 Å². The fourth-order valence-corrected chi connectivity index (χ4v) is 2.76. The average Bonchev–Trinajstić information content (AvgIpc) is 3.06. The van der Waals surface area contributed by atoms with Crippen molar-refractivity contribution in [2.75, 3.05) is 19.6 Å². The van der Waals surface area contributed by atoms with Gasteiger partial charge in [0.2, 0.25) is 0 Å². The van der Waals surface area contributed by atoms with Crippen LogP contribution < -0.4 is 11.1 Å². The molecular weight excluding hydrogens is 344 g/mol.